The van der Waals surface area contributed by atoms with Gasteiger partial charge in [0.1, 0.15) is 11.3 Å². The number of fused-ring (bicyclic) bond motifs is 1. The number of allylic oxidation sites excluding steroid dienone is 1. The van der Waals surface area contributed by atoms with Gasteiger partial charge < -0.3 is 20.7 Å². The molecule has 2 saturated carbocycles. The van der Waals surface area contributed by atoms with Crippen molar-refractivity contribution in [2.75, 3.05) is 12.4 Å². The largest absolute Gasteiger partial charge is 0.465 e. The third-order valence-corrected chi connectivity index (χ3v) is 6.59. The molecule has 11 heteroatoms. The van der Waals surface area contributed by atoms with Gasteiger partial charge in [0, 0.05) is 26.4 Å². The summed E-state index contributed by atoms with van der Waals surface area (Å²) in [7, 11) is 3.63. The molecule has 170 valence electrons. The van der Waals surface area contributed by atoms with E-state index in [-0.39, 0.29) is 17.3 Å². The van der Waals surface area contributed by atoms with Gasteiger partial charge in [-0.3, -0.25) is 15.7 Å². The van der Waals surface area contributed by atoms with Crippen molar-refractivity contribution in [3.8, 4) is 0 Å². The average Bonchev–Trinajstić information content (AvgIpc) is 3.42. The van der Waals surface area contributed by atoms with Crippen LogP contribution in [0.15, 0.2) is 16.8 Å². The molecule has 2 aliphatic carbocycles. The number of imidazole rings is 1. The number of aromatic nitrogens is 4. The van der Waals surface area contributed by atoms with Crippen LogP contribution in [-0.2, 0) is 12.5 Å². The standard InChI is InChI=1S/C21H29N9O2/c1-11(12-5-4-6-12)25-16-14-17(28-18(27-16)15(23)26-20(31)32)29-19(30(14)3)21(7-8-21)13(9-22)10-24-2/h9-12H,4-8,22H2,1-3H3,(H2,23,26)(H,31,32)(H,25,27,28)/t11-/m1/s1. The number of nitrogens with two attached hydrogens (primary N) is 1. The second kappa shape index (κ2) is 8.21. The maximum absolute atomic E-state index is 11.0. The van der Waals surface area contributed by atoms with Gasteiger partial charge in [0.2, 0.25) is 0 Å². The minimum absolute atomic E-state index is 0.0255. The molecule has 0 bridgehead atoms. The van der Waals surface area contributed by atoms with Gasteiger partial charge in [0.25, 0.3) is 0 Å². The van der Waals surface area contributed by atoms with Crippen LogP contribution in [0.3, 0.4) is 0 Å². The predicted molar refractivity (Wildman–Crippen MR) is 122 cm³/mol. The molecule has 0 spiro atoms. The third kappa shape index (κ3) is 3.67. The molecule has 0 saturated heterocycles. The van der Waals surface area contributed by atoms with Crippen LogP contribution in [0, 0.1) is 11.3 Å². The van der Waals surface area contributed by atoms with Crippen molar-refractivity contribution in [2.45, 2.75) is 50.5 Å². The fourth-order valence-corrected chi connectivity index (χ4v) is 4.42. The van der Waals surface area contributed by atoms with E-state index in [9.17, 15) is 4.79 Å². The van der Waals surface area contributed by atoms with Crippen molar-refractivity contribution >= 4 is 35.1 Å². The van der Waals surface area contributed by atoms with Gasteiger partial charge in [0.15, 0.2) is 23.1 Å². The Morgan fingerprint density at radius 2 is 2.09 bits per heavy atom. The molecular weight excluding hydrogens is 410 g/mol. The summed E-state index contributed by atoms with van der Waals surface area (Å²) in [5.74, 6) is 1.47. The second-order valence-corrected chi connectivity index (χ2v) is 8.58. The fraction of sp³-hybridized carbons (Fsp3) is 0.524. The molecule has 2 fully saturated rings. The number of aliphatic imine (C=N–C) groups is 1. The molecule has 1 atom stereocenters. The Hall–Kier alpha value is -3.50. The lowest BCUT2D eigenvalue weighted by atomic mass is 9.80. The summed E-state index contributed by atoms with van der Waals surface area (Å²) in [6.45, 7) is 2.12. The highest BCUT2D eigenvalue weighted by Gasteiger charge is 2.51. The highest BCUT2D eigenvalue weighted by molar-refractivity contribution is 6.03. The van der Waals surface area contributed by atoms with Gasteiger partial charge in [-0.25, -0.2) is 19.7 Å². The molecular formula is C21H29N9O2. The molecule has 4 rings (SSSR count). The average molecular weight is 440 g/mol. The van der Waals surface area contributed by atoms with Gasteiger partial charge in [0.05, 0.1) is 5.41 Å². The SMILES string of the molecule is CN=CC(=CN)C1(c2nc3nc(C(=N)NC(=O)O)nc(N[C@H](C)C4CCC4)c3n2C)CC1. The number of hydrogen-bond acceptors (Lipinski definition) is 8. The molecule has 2 heterocycles. The summed E-state index contributed by atoms with van der Waals surface area (Å²) in [6.07, 6.45) is 7.30. The lowest BCUT2D eigenvalue weighted by Crippen LogP contribution is -2.33. The molecule has 0 unspecified atom stereocenters. The monoisotopic (exact) mass is 439 g/mol. The maximum Gasteiger partial charge on any atom is 0.410 e. The maximum atomic E-state index is 11.0. The van der Waals surface area contributed by atoms with E-state index in [1.165, 1.54) is 6.42 Å². The number of anilines is 1. The molecule has 32 heavy (non-hydrogen) atoms. The zero-order valence-corrected chi connectivity index (χ0v) is 18.5. The first-order valence-corrected chi connectivity index (χ1v) is 10.8. The zero-order valence-electron chi connectivity index (χ0n) is 18.5. The number of amidine groups is 1. The van der Waals surface area contributed by atoms with E-state index in [1.807, 2.05) is 16.9 Å². The van der Waals surface area contributed by atoms with Crippen molar-refractivity contribution in [3.05, 3.63) is 23.4 Å². The summed E-state index contributed by atoms with van der Waals surface area (Å²) in [5.41, 5.74) is 7.58. The lowest BCUT2D eigenvalue weighted by molar-refractivity contribution is 0.200. The van der Waals surface area contributed by atoms with Crippen LogP contribution in [0.5, 0.6) is 0 Å². The van der Waals surface area contributed by atoms with Gasteiger partial charge in [-0.05, 0) is 50.3 Å². The van der Waals surface area contributed by atoms with Crippen molar-refractivity contribution < 1.29 is 9.90 Å². The van der Waals surface area contributed by atoms with Crippen LogP contribution in [0.25, 0.3) is 11.2 Å². The summed E-state index contributed by atoms with van der Waals surface area (Å²) >= 11 is 0. The Balaban J connectivity index is 1.83. The number of carbonyl (C=O) groups is 1. The quantitative estimate of drug-likeness (QED) is 0.325. The first-order valence-electron chi connectivity index (χ1n) is 10.8. The molecule has 1 amide bonds. The molecule has 2 aromatic heterocycles. The predicted octanol–water partition coefficient (Wildman–Crippen LogP) is 2.13. The number of nitrogens with one attached hydrogen (secondary N) is 3. The molecule has 6 N–H and O–H groups in total. The molecule has 2 aromatic rings. The molecule has 2 aliphatic rings. The van der Waals surface area contributed by atoms with E-state index in [1.54, 1.807) is 19.5 Å². The van der Waals surface area contributed by atoms with Crippen molar-refractivity contribution in [1.82, 2.24) is 24.8 Å². The molecule has 0 aliphatic heterocycles. The normalized spacial score (nSPS) is 19.0. The minimum atomic E-state index is -1.34. The Labute approximate surface area is 185 Å². The van der Waals surface area contributed by atoms with E-state index >= 15 is 0 Å². The van der Waals surface area contributed by atoms with Crippen LogP contribution >= 0.6 is 0 Å². The van der Waals surface area contributed by atoms with Gasteiger partial charge >= 0.3 is 6.09 Å². The topological polar surface area (TPSA) is 167 Å². The molecule has 0 aromatic carbocycles. The fourth-order valence-electron chi connectivity index (χ4n) is 4.42. The van der Waals surface area contributed by atoms with Crippen LogP contribution in [0.4, 0.5) is 10.6 Å². The van der Waals surface area contributed by atoms with E-state index < -0.39 is 11.9 Å². The smallest absolute Gasteiger partial charge is 0.410 e. The molecule has 11 nitrogen and oxygen atoms in total. The third-order valence-electron chi connectivity index (χ3n) is 6.59. The number of nitrogens with zero attached hydrogens (tertiary/aromatic N) is 5. The number of aryl methyl sites for hydroxylation is 1. The highest BCUT2D eigenvalue weighted by Crippen LogP contribution is 2.53. The number of amides is 1. The van der Waals surface area contributed by atoms with Crippen LogP contribution in [0.1, 0.15) is 50.7 Å². The summed E-state index contributed by atoms with van der Waals surface area (Å²) in [4.78, 5) is 28.9. The summed E-state index contributed by atoms with van der Waals surface area (Å²) in [5, 5.41) is 22.6. The number of rotatable bonds is 7. The van der Waals surface area contributed by atoms with E-state index in [2.05, 4.69) is 27.2 Å². The van der Waals surface area contributed by atoms with E-state index in [0.29, 0.717) is 22.9 Å². The minimum Gasteiger partial charge on any atom is -0.465 e. The first kappa shape index (κ1) is 21.7. The number of carboxylic acid groups (broad SMARTS) is 1. The van der Waals surface area contributed by atoms with Gasteiger partial charge in [-0.1, -0.05) is 6.42 Å². The number of hydrogen-bond donors (Lipinski definition) is 5. The van der Waals surface area contributed by atoms with Crippen molar-refractivity contribution in [3.63, 3.8) is 0 Å². The van der Waals surface area contributed by atoms with E-state index in [0.717, 1.165) is 37.1 Å². The summed E-state index contributed by atoms with van der Waals surface area (Å²) in [6, 6.07) is 0.177. The van der Waals surface area contributed by atoms with Crippen molar-refractivity contribution in [1.29, 1.82) is 5.41 Å². The summed E-state index contributed by atoms with van der Waals surface area (Å²) < 4.78 is 1.98. The Bertz CT molecular complexity index is 1130. The van der Waals surface area contributed by atoms with E-state index in [4.69, 9.17) is 21.2 Å². The second-order valence-electron chi connectivity index (χ2n) is 8.58. The van der Waals surface area contributed by atoms with Crippen molar-refractivity contribution in [2.24, 2.45) is 23.7 Å². The van der Waals surface area contributed by atoms with Crippen LogP contribution in [-0.4, -0.2) is 55.9 Å². The Morgan fingerprint density at radius 1 is 1.38 bits per heavy atom. The van der Waals surface area contributed by atoms with Gasteiger partial charge in [-0.2, -0.15) is 0 Å². The first-order chi connectivity index (χ1) is 15.3. The Kier molecular flexibility index (Phi) is 5.57. The van der Waals surface area contributed by atoms with Crippen LogP contribution in [0.2, 0.25) is 0 Å². The van der Waals surface area contributed by atoms with Crippen LogP contribution < -0.4 is 16.4 Å². The highest BCUT2D eigenvalue weighted by atomic mass is 16.4. The van der Waals surface area contributed by atoms with Gasteiger partial charge in [-0.15, -0.1) is 0 Å². The molecule has 0 radical (unpaired) electrons. The Morgan fingerprint density at radius 3 is 2.62 bits per heavy atom. The lowest BCUT2D eigenvalue weighted by Gasteiger charge is -2.32. The zero-order chi connectivity index (χ0) is 23.0.